The molecule has 0 saturated carbocycles. The molecule has 2 aromatic rings. The zero-order valence-electron chi connectivity index (χ0n) is 10.9. The number of hydrogen-bond donors (Lipinski definition) is 1. The molecule has 0 fully saturated rings. The Hall–Kier alpha value is -2.31. The highest BCUT2D eigenvalue weighted by molar-refractivity contribution is 5.49. The predicted octanol–water partition coefficient (Wildman–Crippen LogP) is 3.32. The van der Waals surface area contributed by atoms with Crippen LogP contribution in [0, 0.1) is 11.3 Å². The molecule has 0 aromatic heterocycles. The third-order valence-electron chi connectivity index (χ3n) is 2.79. The number of methoxy groups -OCH3 is 1. The van der Waals surface area contributed by atoms with Crippen molar-refractivity contribution in [2.45, 2.75) is 13.2 Å². The van der Waals surface area contributed by atoms with Crippen LogP contribution in [0.15, 0.2) is 48.5 Å². The highest BCUT2D eigenvalue weighted by Gasteiger charge is 1.98. The highest BCUT2D eigenvalue weighted by Crippen LogP contribution is 2.12. The van der Waals surface area contributed by atoms with Crippen molar-refractivity contribution in [2.24, 2.45) is 0 Å². The largest absolute Gasteiger partial charge is 0.381 e. The van der Waals surface area contributed by atoms with Crippen molar-refractivity contribution in [1.82, 2.24) is 0 Å². The summed E-state index contributed by atoms with van der Waals surface area (Å²) >= 11 is 0. The van der Waals surface area contributed by atoms with E-state index in [1.165, 1.54) is 5.56 Å². The number of hydrogen-bond acceptors (Lipinski definition) is 3. The van der Waals surface area contributed by atoms with Gasteiger partial charge in [0.05, 0.1) is 18.2 Å². The first kappa shape index (κ1) is 13.1. The Morgan fingerprint density at radius 2 is 1.89 bits per heavy atom. The Balaban J connectivity index is 2.01. The van der Waals surface area contributed by atoms with Crippen LogP contribution in [0.3, 0.4) is 0 Å². The number of nitriles is 1. The van der Waals surface area contributed by atoms with E-state index in [-0.39, 0.29) is 0 Å². The quantitative estimate of drug-likeness (QED) is 0.887. The first-order valence-electron chi connectivity index (χ1n) is 6.12. The van der Waals surface area contributed by atoms with Crippen molar-refractivity contribution < 1.29 is 4.74 Å². The summed E-state index contributed by atoms with van der Waals surface area (Å²) in [6, 6.07) is 17.9. The third kappa shape index (κ3) is 3.84. The molecule has 96 valence electrons. The van der Waals surface area contributed by atoms with Gasteiger partial charge in [0.15, 0.2) is 0 Å². The van der Waals surface area contributed by atoms with Gasteiger partial charge in [-0.1, -0.05) is 30.3 Å². The van der Waals surface area contributed by atoms with Crippen LogP contribution < -0.4 is 5.32 Å². The SMILES string of the molecule is COCc1cccc(CNc2cccc(C#N)c2)c1. The summed E-state index contributed by atoms with van der Waals surface area (Å²) in [5.74, 6) is 0. The molecule has 0 saturated heterocycles. The molecular formula is C16H16N2O. The predicted molar refractivity (Wildman–Crippen MR) is 75.6 cm³/mol. The molecule has 0 amide bonds. The van der Waals surface area contributed by atoms with Gasteiger partial charge in [-0.05, 0) is 29.3 Å². The third-order valence-corrected chi connectivity index (χ3v) is 2.79. The summed E-state index contributed by atoms with van der Waals surface area (Å²) in [6.45, 7) is 1.35. The molecule has 19 heavy (non-hydrogen) atoms. The van der Waals surface area contributed by atoms with E-state index < -0.39 is 0 Å². The van der Waals surface area contributed by atoms with Crippen molar-refractivity contribution in [1.29, 1.82) is 5.26 Å². The Morgan fingerprint density at radius 3 is 2.68 bits per heavy atom. The van der Waals surface area contributed by atoms with Crippen LogP contribution in [0.1, 0.15) is 16.7 Å². The minimum absolute atomic E-state index is 0.623. The fraction of sp³-hybridized carbons (Fsp3) is 0.188. The van der Waals surface area contributed by atoms with Crippen LogP contribution >= 0.6 is 0 Å². The van der Waals surface area contributed by atoms with Crippen molar-refractivity contribution in [3.63, 3.8) is 0 Å². The lowest BCUT2D eigenvalue weighted by Crippen LogP contribution is -2.00. The van der Waals surface area contributed by atoms with E-state index in [0.717, 1.165) is 17.8 Å². The summed E-state index contributed by atoms with van der Waals surface area (Å²) in [6.07, 6.45) is 0. The lowest BCUT2D eigenvalue weighted by molar-refractivity contribution is 0.185. The van der Waals surface area contributed by atoms with E-state index in [4.69, 9.17) is 10.00 Å². The molecule has 0 atom stereocenters. The van der Waals surface area contributed by atoms with Crippen LogP contribution in [0.4, 0.5) is 5.69 Å². The molecule has 1 N–H and O–H groups in total. The fourth-order valence-corrected chi connectivity index (χ4v) is 1.90. The molecule has 3 nitrogen and oxygen atoms in total. The van der Waals surface area contributed by atoms with Crippen LogP contribution in [0.25, 0.3) is 0 Å². The van der Waals surface area contributed by atoms with E-state index in [2.05, 4.69) is 23.5 Å². The van der Waals surface area contributed by atoms with Gasteiger partial charge in [-0.25, -0.2) is 0 Å². The monoisotopic (exact) mass is 252 g/mol. The maximum atomic E-state index is 8.85. The number of anilines is 1. The average molecular weight is 252 g/mol. The van der Waals surface area contributed by atoms with Gasteiger partial charge in [0.25, 0.3) is 0 Å². The standard InChI is InChI=1S/C16H16N2O/c1-19-12-15-6-2-5-14(8-15)11-18-16-7-3-4-13(9-16)10-17/h2-9,18H,11-12H2,1H3. The molecule has 0 radical (unpaired) electrons. The molecule has 0 aliphatic carbocycles. The maximum absolute atomic E-state index is 8.85. The van der Waals surface area contributed by atoms with Crippen LogP contribution in [-0.4, -0.2) is 7.11 Å². The van der Waals surface area contributed by atoms with Crippen molar-refractivity contribution in [3.05, 3.63) is 65.2 Å². The Labute approximate surface area is 113 Å². The molecule has 0 heterocycles. The molecular weight excluding hydrogens is 236 g/mol. The fourth-order valence-electron chi connectivity index (χ4n) is 1.90. The van der Waals surface area contributed by atoms with Crippen LogP contribution in [0.5, 0.6) is 0 Å². The minimum Gasteiger partial charge on any atom is -0.381 e. The molecule has 2 aromatic carbocycles. The molecule has 0 aliphatic heterocycles. The number of ether oxygens (including phenoxy) is 1. The zero-order valence-corrected chi connectivity index (χ0v) is 10.9. The van der Waals surface area contributed by atoms with Gasteiger partial charge in [0.1, 0.15) is 0 Å². The number of nitrogens with one attached hydrogen (secondary N) is 1. The molecule has 2 rings (SSSR count). The van der Waals surface area contributed by atoms with Crippen molar-refractivity contribution in [3.8, 4) is 6.07 Å². The Kier molecular flexibility index (Phi) is 4.54. The second kappa shape index (κ2) is 6.58. The number of rotatable bonds is 5. The summed E-state index contributed by atoms with van der Waals surface area (Å²) in [5, 5.41) is 12.2. The second-order valence-electron chi connectivity index (χ2n) is 4.30. The van der Waals surface area contributed by atoms with E-state index in [1.54, 1.807) is 13.2 Å². The van der Waals surface area contributed by atoms with Crippen molar-refractivity contribution >= 4 is 5.69 Å². The number of benzene rings is 2. The first-order valence-corrected chi connectivity index (χ1v) is 6.12. The summed E-state index contributed by atoms with van der Waals surface area (Å²) in [5.41, 5.74) is 3.97. The Bertz CT molecular complexity index is 587. The molecule has 0 unspecified atom stereocenters. The van der Waals surface area contributed by atoms with Gasteiger partial charge < -0.3 is 10.1 Å². The van der Waals surface area contributed by atoms with Crippen molar-refractivity contribution in [2.75, 3.05) is 12.4 Å². The lowest BCUT2D eigenvalue weighted by atomic mass is 10.1. The smallest absolute Gasteiger partial charge is 0.0992 e. The van der Waals surface area contributed by atoms with Crippen LogP contribution in [0.2, 0.25) is 0 Å². The first-order chi connectivity index (χ1) is 9.31. The van der Waals surface area contributed by atoms with E-state index >= 15 is 0 Å². The van der Waals surface area contributed by atoms with E-state index in [1.807, 2.05) is 30.3 Å². The van der Waals surface area contributed by atoms with Crippen LogP contribution in [-0.2, 0) is 17.9 Å². The van der Waals surface area contributed by atoms with Gasteiger partial charge in [-0.15, -0.1) is 0 Å². The molecule has 0 bridgehead atoms. The van der Waals surface area contributed by atoms with E-state index in [9.17, 15) is 0 Å². The minimum atomic E-state index is 0.623. The van der Waals surface area contributed by atoms with Gasteiger partial charge in [0.2, 0.25) is 0 Å². The number of nitrogens with zero attached hydrogens (tertiary/aromatic N) is 1. The Morgan fingerprint density at radius 1 is 1.11 bits per heavy atom. The molecule has 0 spiro atoms. The highest BCUT2D eigenvalue weighted by atomic mass is 16.5. The van der Waals surface area contributed by atoms with Gasteiger partial charge >= 0.3 is 0 Å². The summed E-state index contributed by atoms with van der Waals surface area (Å²) < 4.78 is 5.12. The second-order valence-corrected chi connectivity index (χ2v) is 4.30. The summed E-state index contributed by atoms with van der Waals surface area (Å²) in [4.78, 5) is 0. The maximum Gasteiger partial charge on any atom is 0.0992 e. The van der Waals surface area contributed by atoms with E-state index in [0.29, 0.717) is 12.2 Å². The lowest BCUT2D eigenvalue weighted by Gasteiger charge is -2.08. The molecule has 3 heteroatoms. The summed E-state index contributed by atoms with van der Waals surface area (Å²) in [7, 11) is 1.69. The normalized spacial score (nSPS) is 9.89. The topological polar surface area (TPSA) is 45.0 Å². The average Bonchev–Trinajstić information content (AvgIpc) is 2.46. The molecule has 0 aliphatic rings. The zero-order chi connectivity index (χ0) is 13.5. The van der Waals surface area contributed by atoms with Gasteiger partial charge in [-0.3, -0.25) is 0 Å². The van der Waals surface area contributed by atoms with Gasteiger partial charge in [0, 0.05) is 19.3 Å². The van der Waals surface area contributed by atoms with Gasteiger partial charge in [-0.2, -0.15) is 5.26 Å².